The number of fused-ring (bicyclic) bond motifs is 1. The molecule has 0 aliphatic heterocycles. The summed E-state index contributed by atoms with van der Waals surface area (Å²) in [5.74, 6) is -1.40. The fourth-order valence-electron chi connectivity index (χ4n) is 4.74. The van der Waals surface area contributed by atoms with Crippen LogP contribution in [0.1, 0.15) is 23.2 Å². The highest BCUT2D eigenvalue weighted by Gasteiger charge is 2.30. The Balaban J connectivity index is 1.47. The van der Waals surface area contributed by atoms with Gasteiger partial charge in [-0.05, 0) is 60.9 Å². The fourth-order valence-corrected chi connectivity index (χ4v) is 6.16. The highest BCUT2D eigenvalue weighted by molar-refractivity contribution is 7.89. The van der Waals surface area contributed by atoms with E-state index in [1.165, 1.54) is 50.7 Å². The van der Waals surface area contributed by atoms with E-state index in [4.69, 9.17) is 9.47 Å². The Kier molecular flexibility index (Phi) is 7.91. The van der Waals surface area contributed by atoms with Gasteiger partial charge in [-0.2, -0.15) is 4.98 Å². The second-order valence-corrected chi connectivity index (χ2v) is 12.0. The number of carboxylic acids is 1. The lowest BCUT2D eigenvalue weighted by molar-refractivity contribution is 0.0697. The molecule has 0 unspecified atom stereocenters. The maximum Gasteiger partial charge on any atom is 0.335 e. The van der Waals surface area contributed by atoms with Crippen LogP contribution in [-0.4, -0.2) is 54.7 Å². The van der Waals surface area contributed by atoms with Crippen molar-refractivity contribution in [1.29, 1.82) is 0 Å². The first-order valence-electron chi connectivity index (χ1n) is 13.7. The van der Waals surface area contributed by atoms with E-state index < -0.39 is 21.8 Å². The minimum absolute atomic E-state index is 0.0772. The van der Waals surface area contributed by atoms with Gasteiger partial charge >= 0.3 is 12.0 Å². The predicted molar refractivity (Wildman–Crippen MR) is 166 cm³/mol. The number of anilines is 4. The zero-order valence-corrected chi connectivity index (χ0v) is 24.9. The van der Waals surface area contributed by atoms with Crippen LogP contribution in [-0.2, 0) is 10.0 Å². The summed E-state index contributed by atoms with van der Waals surface area (Å²) in [7, 11) is -1.10. The number of halogens is 1. The zero-order valence-electron chi connectivity index (χ0n) is 24.0. The quantitative estimate of drug-likeness (QED) is 0.146. The van der Waals surface area contributed by atoms with Crippen LogP contribution in [0.15, 0.2) is 78.0 Å². The Morgan fingerprint density at radius 3 is 2.40 bits per heavy atom. The number of methoxy groups -OCH3 is 2. The molecule has 45 heavy (non-hydrogen) atoms. The van der Waals surface area contributed by atoms with Crippen molar-refractivity contribution < 1.29 is 32.2 Å². The van der Waals surface area contributed by atoms with Gasteiger partial charge in [0.1, 0.15) is 10.7 Å². The molecule has 3 aromatic carbocycles. The molecule has 0 amide bonds. The number of nitrogens with zero attached hydrogens (tertiary/aromatic N) is 3. The number of aromatic carboxylic acids is 1. The number of carboxylic acid groups (broad SMARTS) is 1. The van der Waals surface area contributed by atoms with E-state index >= 15 is 0 Å². The lowest BCUT2D eigenvalue weighted by Gasteiger charge is -2.18. The third kappa shape index (κ3) is 6.46. The fraction of sp³-hybridized carbons (Fsp3) is 0.161. The van der Waals surface area contributed by atoms with Gasteiger partial charge in [0.2, 0.25) is 15.9 Å². The van der Waals surface area contributed by atoms with Crippen LogP contribution >= 0.6 is 0 Å². The molecule has 5 aromatic rings. The number of ether oxygens (including phenoxy) is 2. The van der Waals surface area contributed by atoms with Crippen LogP contribution in [0.5, 0.6) is 11.9 Å². The summed E-state index contributed by atoms with van der Waals surface area (Å²) in [5.41, 5.74) is 2.79. The van der Waals surface area contributed by atoms with Crippen molar-refractivity contribution in [3.63, 3.8) is 0 Å². The maximum atomic E-state index is 13.8. The van der Waals surface area contributed by atoms with Gasteiger partial charge in [0.15, 0.2) is 0 Å². The molecule has 2 aromatic heterocycles. The molecule has 2 heterocycles. The summed E-state index contributed by atoms with van der Waals surface area (Å²) in [4.78, 5) is 24.8. The first-order valence-corrected chi connectivity index (χ1v) is 15.2. The van der Waals surface area contributed by atoms with Crippen LogP contribution in [0.25, 0.3) is 22.0 Å². The highest BCUT2D eigenvalue weighted by atomic mass is 32.2. The molecule has 0 bridgehead atoms. The van der Waals surface area contributed by atoms with E-state index in [1.807, 2.05) is 0 Å². The second kappa shape index (κ2) is 12.0. The van der Waals surface area contributed by atoms with Gasteiger partial charge in [0.05, 0.1) is 36.6 Å². The second-order valence-electron chi connectivity index (χ2n) is 10.3. The molecule has 14 heteroatoms. The Morgan fingerprint density at radius 1 is 0.933 bits per heavy atom. The molecule has 0 radical (unpaired) electrons. The first-order chi connectivity index (χ1) is 21.6. The Labute approximate surface area is 257 Å². The topological polar surface area (TPSA) is 165 Å². The summed E-state index contributed by atoms with van der Waals surface area (Å²) in [6.45, 7) is 0. The molecule has 4 N–H and O–H groups in total. The molecule has 12 nitrogen and oxygen atoms in total. The van der Waals surface area contributed by atoms with Gasteiger partial charge in [0.25, 0.3) is 0 Å². The molecular formula is C31H27FN6O6S. The number of hydrogen-bond donors (Lipinski definition) is 4. The number of hydrogen-bond acceptors (Lipinski definition) is 10. The predicted octanol–water partition coefficient (Wildman–Crippen LogP) is 5.47. The molecule has 1 aliphatic carbocycles. The third-order valence-corrected chi connectivity index (χ3v) is 8.54. The van der Waals surface area contributed by atoms with Crippen molar-refractivity contribution in [2.75, 3.05) is 24.9 Å². The van der Waals surface area contributed by atoms with E-state index in [1.54, 1.807) is 36.5 Å². The number of sulfonamides is 1. The van der Waals surface area contributed by atoms with Crippen molar-refractivity contribution >= 4 is 49.6 Å². The number of nitrogens with one attached hydrogen (secondary N) is 3. The highest BCUT2D eigenvalue weighted by Crippen LogP contribution is 2.37. The van der Waals surface area contributed by atoms with Crippen LogP contribution < -0.4 is 24.8 Å². The molecule has 1 fully saturated rings. The van der Waals surface area contributed by atoms with Gasteiger partial charge in [0, 0.05) is 40.9 Å². The van der Waals surface area contributed by atoms with Gasteiger partial charge in [-0.1, -0.05) is 18.2 Å². The maximum absolute atomic E-state index is 13.8. The summed E-state index contributed by atoms with van der Waals surface area (Å²) in [6, 6.07) is 15.2. The standard InChI is InChI=1S/C31H27FN6O6S/c1-43-29-25(15-34-31(37-29)44-2)17-6-9-24-26(12-17)33-16-27(45(41,42)38-20-7-8-20)28(24)36-23-11-18(30(39)40)10-22(14-23)35-21-5-3-4-19(32)13-21/h3-6,9-16,20,35,38H,7-8H2,1-2H3,(H,33,36)(H,39,40). The van der Waals surface area contributed by atoms with E-state index in [9.17, 15) is 22.7 Å². The van der Waals surface area contributed by atoms with Crippen molar-refractivity contribution in [1.82, 2.24) is 19.7 Å². The van der Waals surface area contributed by atoms with Crippen LogP contribution in [0.3, 0.4) is 0 Å². The molecular weight excluding hydrogens is 603 g/mol. The van der Waals surface area contributed by atoms with Crippen molar-refractivity contribution in [3.8, 4) is 23.0 Å². The van der Waals surface area contributed by atoms with Crippen LogP contribution in [0.4, 0.5) is 27.1 Å². The number of rotatable bonds is 11. The van der Waals surface area contributed by atoms with Gasteiger partial charge in [-0.3, -0.25) is 4.98 Å². The average molecular weight is 631 g/mol. The smallest absolute Gasteiger partial charge is 0.335 e. The normalized spacial score (nSPS) is 13.0. The Bertz CT molecular complexity index is 2050. The zero-order chi connectivity index (χ0) is 31.7. The monoisotopic (exact) mass is 630 g/mol. The SMILES string of the molecule is COc1ncc(-c2ccc3c(Nc4cc(Nc5cccc(F)c5)cc(C(=O)O)c4)c(S(=O)(=O)NC4CC4)cnc3c2)c(OC)n1. The summed E-state index contributed by atoms with van der Waals surface area (Å²) < 4.78 is 54.0. The molecule has 0 saturated heterocycles. The van der Waals surface area contributed by atoms with Crippen molar-refractivity contribution in [3.05, 3.63) is 84.4 Å². The number of pyridine rings is 1. The van der Waals surface area contributed by atoms with E-state index in [0.717, 1.165) is 12.8 Å². The van der Waals surface area contributed by atoms with E-state index in [-0.39, 0.29) is 39.8 Å². The Hall–Kier alpha value is -5.34. The molecule has 230 valence electrons. The summed E-state index contributed by atoms with van der Waals surface area (Å²) in [5, 5.41) is 16.4. The summed E-state index contributed by atoms with van der Waals surface area (Å²) >= 11 is 0. The summed E-state index contributed by atoms with van der Waals surface area (Å²) in [6.07, 6.45) is 4.27. The molecule has 6 rings (SSSR count). The van der Waals surface area contributed by atoms with Gasteiger partial charge < -0.3 is 25.2 Å². The van der Waals surface area contributed by atoms with Gasteiger partial charge in [-0.15, -0.1) is 0 Å². The largest absolute Gasteiger partial charge is 0.480 e. The number of benzene rings is 3. The number of carbonyl (C=O) groups is 1. The molecule has 0 spiro atoms. The average Bonchev–Trinajstić information content (AvgIpc) is 3.83. The molecule has 1 saturated carbocycles. The Morgan fingerprint density at radius 2 is 1.71 bits per heavy atom. The van der Waals surface area contributed by atoms with Crippen molar-refractivity contribution in [2.24, 2.45) is 0 Å². The minimum atomic E-state index is -4.01. The number of aromatic nitrogens is 3. The van der Waals surface area contributed by atoms with E-state index in [2.05, 4.69) is 30.3 Å². The first kappa shape index (κ1) is 29.7. The minimum Gasteiger partial charge on any atom is -0.480 e. The van der Waals surface area contributed by atoms with Crippen molar-refractivity contribution in [2.45, 2.75) is 23.8 Å². The van der Waals surface area contributed by atoms with Crippen LogP contribution in [0, 0.1) is 5.82 Å². The van der Waals surface area contributed by atoms with Crippen LogP contribution in [0.2, 0.25) is 0 Å². The lowest BCUT2D eigenvalue weighted by atomic mass is 10.0. The molecule has 0 atom stereocenters. The van der Waals surface area contributed by atoms with E-state index in [0.29, 0.717) is 33.4 Å². The molecule has 1 aliphatic rings. The lowest BCUT2D eigenvalue weighted by Crippen LogP contribution is -2.26. The van der Waals surface area contributed by atoms with Gasteiger partial charge in [-0.25, -0.2) is 27.3 Å². The third-order valence-electron chi connectivity index (χ3n) is 7.00.